The van der Waals surface area contributed by atoms with Crippen LogP contribution in [0.25, 0.3) is 88.4 Å². The predicted octanol–water partition coefficient (Wildman–Crippen LogP) is 15.5. The summed E-state index contributed by atoms with van der Waals surface area (Å²) in [7, 11) is 0. The van der Waals surface area contributed by atoms with Gasteiger partial charge in [0.2, 0.25) is 0 Å². The van der Waals surface area contributed by atoms with Gasteiger partial charge in [0.15, 0.2) is 0 Å². The molecule has 272 valence electrons. The summed E-state index contributed by atoms with van der Waals surface area (Å²) >= 11 is 0. The highest BCUT2D eigenvalue weighted by Crippen LogP contribution is 2.44. The second-order valence-electron chi connectivity index (χ2n) is 15.2. The minimum atomic E-state index is 0.835. The Balaban J connectivity index is 0.934. The molecule has 1 aliphatic rings. The van der Waals surface area contributed by atoms with Crippen molar-refractivity contribution in [2.24, 2.45) is 0 Å². The summed E-state index contributed by atoms with van der Waals surface area (Å²) in [6.45, 7) is 0. The lowest BCUT2D eigenvalue weighted by Gasteiger charge is -2.26. The monoisotopic (exact) mass is 741 g/mol. The van der Waals surface area contributed by atoms with Crippen molar-refractivity contribution < 1.29 is 8.83 Å². The molecule has 0 radical (unpaired) electrons. The predicted molar refractivity (Wildman–Crippen MR) is 240 cm³/mol. The molecule has 0 atom stereocenters. The number of benzene rings is 9. The third-order valence-electron chi connectivity index (χ3n) is 11.9. The molecule has 0 spiro atoms. The Hall–Kier alpha value is -7.62. The van der Waals surface area contributed by atoms with Crippen LogP contribution < -0.4 is 4.90 Å². The van der Waals surface area contributed by atoms with E-state index in [0.29, 0.717) is 0 Å². The molecule has 3 nitrogen and oxygen atoms in total. The lowest BCUT2D eigenvalue weighted by atomic mass is 9.98. The van der Waals surface area contributed by atoms with E-state index in [1.54, 1.807) is 0 Å². The van der Waals surface area contributed by atoms with Crippen LogP contribution in [0.2, 0.25) is 0 Å². The van der Waals surface area contributed by atoms with E-state index in [0.717, 1.165) is 78.5 Å². The first kappa shape index (κ1) is 32.6. The Morgan fingerprint density at radius 1 is 0.328 bits per heavy atom. The maximum Gasteiger partial charge on any atom is 0.147 e. The zero-order chi connectivity index (χ0) is 38.2. The van der Waals surface area contributed by atoms with Crippen LogP contribution in [0, 0.1) is 0 Å². The molecule has 1 aliphatic carbocycles. The van der Waals surface area contributed by atoms with E-state index >= 15 is 0 Å². The molecular formula is C55H35NO2. The van der Waals surface area contributed by atoms with Crippen molar-refractivity contribution in [3.63, 3.8) is 0 Å². The number of para-hydroxylation sites is 2. The highest BCUT2D eigenvalue weighted by Gasteiger charge is 2.21. The summed E-state index contributed by atoms with van der Waals surface area (Å²) in [6.07, 6.45) is 1.00. The van der Waals surface area contributed by atoms with Crippen LogP contribution in [-0.4, -0.2) is 0 Å². The number of nitrogens with zero attached hydrogens (tertiary/aromatic N) is 1. The number of hydrogen-bond donors (Lipinski definition) is 0. The van der Waals surface area contributed by atoms with Gasteiger partial charge in [-0.25, -0.2) is 0 Å². The molecule has 58 heavy (non-hydrogen) atoms. The first-order valence-corrected chi connectivity index (χ1v) is 19.9. The molecule has 0 aliphatic heterocycles. The van der Waals surface area contributed by atoms with Crippen molar-refractivity contribution >= 4 is 60.9 Å². The molecule has 0 N–H and O–H groups in total. The van der Waals surface area contributed by atoms with Crippen LogP contribution in [-0.2, 0) is 6.42 Å². The van der Waals surface area contributed by atoms with Gasteiger partial charge in [0.05, 0.1) is 5.39 Å². The largest absolute Gasteiger partial charge is 0.456 e. The van der Waals surface area contributed by atoms with Gasteiger partial charge in [-0.05, 0) is 117 Å². The van der Waals surface area contributed by atoms with Gasteiger partial charge in [-0.2, -0.15) is 0 Å². The second-order valence-corrected chi connectivity index (χ2v) is 15.2. The van der Waals surface area contributed by atoms with Crippen molar-refractivity contribution in [1.29, 1.82) is 0 Å². The van der Waals surface area contributed by atoms with Gasteiger partial charge in [-0.1, -0.05) is 140 Å². The molecule has 11 aromatic rings. The van der Waals surface area contributed by atoms with Crippen molar-refractivity contribution in [1.82, 2.24) is 0 Å². The molecule has 3 heteroatoms. The van der Waals surface area contributed by atoms with Gasteiger partial charge in [-0.15, -0.1) is 0 Å². The highest BCUT2D eigenvalue weighted by atomic mass is 16.3. The molecule has 0 unspecified atom stereocenters. The summed E-state index contributed by atoms with van der Waals surface area (Å²) in [4.78, 5) is 2.34. The summed E-state index contributed by atoms with van der Waals surface area (Å²) in [5.74, 6) is 0. The zero-order valence-electron chi connectivity index (χ0n) is 31.5. The smallest absolute Gasteiger partial charge is 0.147 e. The number of rotatable bonds is 6. The third-order valence-corrected chi connectivity index (χ3v) is 11.9. The highest BCUT2D eigenvalue weighted by molar-refractivity contribution is 6.23. The third kappa shape index (κ3) is 5.21. The van der Waals surface area contributed by atoms with Gasteiger partial charge < -0.3 is 13.7 Å². The summed E-state index contributed by atoms with van der Waals surface area (Å²) in [5, 5.41) is 4.27. The fraction of sp³-hybridized carbons (Fsp3) is 0.0182. The molecule has 0 saturated carbocycles. The van der Waals surface area contributed by atoms with E-state index in [4.69, 9.17) is 8.83 Å². The van der Waals surface area contributed by atoms with Gasteiger partial charge in [-0.3, -0.25) is 0 Å². The van der Waals surface area contributed by atoms with Crippen LogP contribution in [0.15, 0.2) is 209 Å². The summed E-state index contributed by atoms with van der Waals surface area (Å²) in [6, 6.07) is 71.7. The van der Waals surface area contributed by atoms with Crippen LogP contribution in [0.5, 0.6) is 0 Å². The zero-order valence-corrected chi connectivity index (χ0v) is 31.5. The van der Waals surface area contributed by atoms with E-state index in [2.05, 4.69) is 193 Å². The quantitative estimate of drug-likeness (QED) is 0.170. The van der Waals surface area contributed by atoms with Crippen molar-refractivity contribution in [2.45, 2.75) is 6.42 Å². The maximum atomic E-state index is 6.80. The number of hydrogen-bond acceptors (Lipinski definition) is 3. The normalized spacial score (nSPS) is 12.1. The summed E-state index contributed by atoms with van der Waals surface area (Å²) in [5.41, 5.74) is 19.2. The number of fused-ring (bicyclic) bond motifs is 10. The standard InChI is InChI=1S/C55H35NO2/c1-2-9-35(10-3-1)36-19-25-42(26-20-36)56(43-27-21-37(22-28-43)39-17-18-41-33-40-11-4-5-12-45(40)50(41)34-39)44-29-23-38(24-30-44)46-14-8-15-47-48-31-32-52-53(55(48)58-54(46)47)49-13-6-7-16-51(49)57-52/h1-32,34H,33H2. The van der Waals surface area contributed by atoms with Crippen LogP contribution >= 0.6 is 0 Å². The van der Waals surface area contributed by atoms with Gasteiger partial charge in [0, 0.05) is 38.8 Å². The van der Waals surface area contributed by atoms with Crippen molar-refractivity contribution in [2.75, 3.05) is 4.90 Å². The molecule has 0 saturated heterocycles. The first-order chi connectivity index (χ1) is 28.7. The van der Waals surface area contributed by atoms with E-state index in [9.17, 15) is 0 Å². The minimum absolute atomic E-state index is 0.835. The summed E-state index contributed by atoms with van der Waals surface area (Å²) < 4.78 is 13.0. The molecule has 0 fully saturated rings. The lowest BCUT2D eigenvalue weighted by molar-refractivity contribution is 0.663. The molecule has 2 heterocycles. The molecular weight excluding hydrogens is 707 g/mol. The Morgan fingerprint density at radius 3 is 1.67 bits per heavy atom. The number of furan rings is 2. The first-order valence-electron chi connectivity index (χ1n) is 19.9. The average molecular weight is 742 g/mol. The van der Waals surface area contributed by atoms with Crippen LogP contribution in [0.4, 0.5) is 17.1 Å². The average Bonchev–Trinajstić information content (AvgIpc) is 3.99. The van der Waals surface area contributed by atoms with E-state index < -0.39 is 0 Å². The molecule has 9 aromatic carbocycles. The molecule has 2 aromatic heterocycles. The Bertz CT molecular complexity index is 3340. The van der Waals surface area contributed by atoms with E-state index in [1.165, 1.54) is 44.5 Å². The van der Waals surface area contributed by atoms with Crippen molar-refractivity contribution in [3.05, 3.63) is 211 Å². The van der Waals surface area contributed by atoms with Crippen LogP contribution in [0.3, 0.4) is 0 Å². The van der Waals surface area contributed by atoms with E-state index in [1.807, 2.05) is 12.1 Å². The fourth-order valence-electron chi connectivity index (χ4n) is 9.07. The van der Waals surface area contributed by atoms with Crippen molar-refractivity contribution in [3.8, 4) is 44.5 Å². The molecule has 0 bridgehead atoms. The van der Waals surface area contributed by atoms with Gasteiger partial charge >= 0.3 is 0 Å². The number of anilines is 3. The Morgan fingerprint density at radius 2 is 0.897 bits per heavy atom. The topological polar surface area (TPSA) is 29.5 Å². The van der Waals surface area contributed by atoms with E-state index in [-0.39, 0.29) is 0 Å². The maximum absolute atomic E-state index is 6.80. The fourth-order valence-corrected chi connectivity index (χ4v) is 9.07. The van der Waals surface area contributed by atoms with Crippen LogP contribution in [0.1, 0.15) is 11.1 Å². The van der Waals surface area contributed by atoms with Gasteiger partial charge in [0.1, 0.15) is 22.3 Å². The lowest BCUT2D eigenvalue weighted by Crippen LogP contribution is -2.09. The Kier molecular flexibility index (Phi) is 7.29. The Labute approximate surface area is 335 Å². The minimum Gasteiger partial charge on any atom is -0.456 e. The molecule has 12 rings (SSSR count). The SMILES string of the molecule is c1ccc(-c2ccc(N(c3ccc(-c4ccc5c(c4)-c4ccccc4C5)cc3)c3ccc(-c4cccc5c4oc4c5ccc5oc6ccccc6c54)cc3)cc2)cc1. The molecule has 0 amide bonds. The van der Waals surface area contributed by atoms with Gasteiger partial charge in [0.25, 0.3) is 0 Å². The second kappa shape index (κ2) is 13.0.